The number of carbonyl (C=O) groups excluding carboxylic acids is 3. The molecular formula is C18H18Cl2N2O3. The van der Waals surface area contributed by atoms with Crippen LogP contribution in [0, 0.1) is 23.7 Å². The molecule has 4 rings (SSSR count). The fourth-order valence-corrected chi connectivity index (χ4v) is 5.00. The van der Waals surface area contributed by atoms with E-state index < -0.39 is 0 Å². The van der Waals surface area contributed by atoms with Crippen LogP contribution in [0.25, 0.3) is 0 Å². The van der Waals surface area contributed by atoms with Gasteiger partial charge < -0.3 is 5.32 Å². The third-order valence-electron chi connectivity index (χ3n) is 5.78. The zero-order valence-corrected chi connectivity index (χ0v) is 15.0. The van der Waals surface area contributed by atoms with E-state index in [9.17, 15) is 14.4 Å². The summed E-state index contributed by atoms with van der Waals surface area (Å²) in [6, 6.07) is 4.82. The van der Waals surface area contributed by atoms with Crippen LogP contribution in [0.15, 0.2) is 18.2 Å². The van der Waals surface area contributed by atoms with Gasteiger partial charge in [-0.3, -0.25) is 19.3 Å². The number of nitrogens with one attached hydrogen (secondary N) is 1. The van der Waals surface area contributed by atoms with Crippen molar-refractivity contribution < 1.29 is 14.4 Å². The average molecular weight is 381 g/mol. The van der Waals surface area contributed by atoms with Gasteiger partial charge in [-0.1, -0.05) is 23.2 Å². The van der Waals surface area contributed by atoms with E-state index in [1.807, 2.05) is 0 Å². The van der Waals surface area contributed by atoms with Crippen molar-refractivity contribution in [3.05, 3.63) is 28.2 Å². The number of fused-ring (bicyclic) bond motifs is 5. The highest BCUT2D eigenvalue weighted by Gasteiger charge is 2.60. The Morgan fingerprint density at radius 2 is 1.72 bits per heavy atom. The fraction of sp³-hybridized carbons (Fsp3) is 0.500. The zero-order valence-electron chi connectivity index (χ0n) is 13.5. The van der Waals surface area contributed by atoms with Crippen molar-refractivity contribution in [1.82, 2.24) is 4.90 Å². The number of hydrogen-bond acceptors (Lipinski definition) is 3. The van der Waals surface area contributed by atoms with Crippen molar-refractivity contribution in [2.75, 3.05) is 11.9 Å². The van der Waals surface area contributed by atoms with Crippen LogP contribution < -0.4 is 5.32 Å². The zero-order chi connectivity index (χ0) is 17.7. The molecule has 1 heterocycles. The van der Waals surface area contributed by atoms with Crippen LogP contribution in [-0.2, 0) is 14.4 Å². The van der Waals surface area contributed by atoms with Gasteiger partial charge in [0, 0.05) is 18.7 Å². The van der Waals surface area contributed by atoms with Gasteiger partial charge in [-0.05, 0) is 49.3 Å². The summed E-state index contributed by atoms with van der Waals surface area (Å²) in [7, 11) is 0. The van der Waals surface area contributed by atoms with Gasteiger partial charge in [-0.25, -0.2) is 0 Å². The summed E-state index contributed by atoms with van der Waals surface area (Å²) in [6.45, 7) is 0.136. The summed E-state index contributed by atoms with van der Waals surface area (Å²) < 4.78 is 0. The van der Waals surface area contributed by atoms with Gasteiger partial charge in [0.2, 0.25) is 17.7 Å². The minimum atomic E-state index is -0.265. The maximum absolute atomic E-state index is 12.6. The molecule has 4 unspecified atom stereocenters. The maximum atomic E-state index is 12.6. The van der Waals surface area contributed by atoms with Gasteiger partial charge in [-0.15, -0.1) is 0 Å². The molecule has 1 N–H and O–H groups in total. The standard InChI is InChI=1S/C18H18Cl2N2O3/c19-12-4-3-11(8-13(12)20)21-14(23)5-6-22-17(24)15-9-1-2-10(7-9)16(15)18(22)25/h3-4,8-10,15-16H,1-2,5-7H2,(H,21,23). The first-order valence-electron chi connectivity index (χ1n) is 8.56. The van der Waals surface area contributed by atoms with Gasteiger partial charge in [0.15, 0.2) is 0 Å². The summed E-state index contributed by atoms with van der Waals surface area (Å²) in [5.74, 6) is 0.0323. The van der Waals surface area contributed by atoms with Crippen molar-refractivity contribution in [2.45, 2.75) is 25.7 Å². The number of nitrogens with zero attached hydrogens (tertiary/aromatic N) is 1. The Hall–Kier alpha value is -1.59. The van der Waals surface area contributed by atoms with Crippen molar-refractivity contribution in [1.29, 1.82) is 0 Å². The van der Waals surface area contributed by atoms with E-state index in [1.165, 1.54) is 4.90 Å². The number of amides is 3. The predicted molar refractivity (Wildman–Crippen MR) is 94.2 cm³/mol. The van der Waals surface area contributed by atoms with Crippen LogP contribution in [-0.4, -0.2) is 29.2 Å². The number of likely N-dealkylation sites (tertiary alicyclic amines) is 1. The molecule has 2 aliphatic carbocycles. The highest BCUT2D eigenvalue weighted by Crippen LogP contribution is 2.56. The van der Waals surface area contributed by atoms with E-state index >= 15 is 0 Å². The molecule has 3 amide bonds. The second kappa shape index (κ2) is 6.29. The molecule has 1 aliphatic heterocycles. The Bertz CT molecular complexity index is 739. The van der Waals surface area contributed by atoms with Gasteiger partial charge in [0.05, 0.1) is 21.9 Å². The van der Waals surface area contributed by atoms with Crippen LogP contribution in [0.4, 0.5) is 5.69 Å². The molecule has 1 aromatic rings. The molecular weight excluding hydrogens is 363 g/mol. The fourth-order valence-electron chi connectivity index (χ4n) is 4.70. The number of benzene rings is 1. The van der Waals surface area contributed by atoms with Crippen molar-refractivity contribution in [2.24, 2.45) is 23.7 Å². The maximum Gasteiger partial charge on any atom is 0.233 e. The molecule has 5 nitrogen and oxygen atoms in total. The minimum Gasteiger partial charge on any atom is -0.326 e. The van der Waals surface area contributed by atoms with Crippen LogP contribution in [0.3, 0.4) is 0 Å². The molecule has 132 valence electrons. The monoisotopic (exact) mass is 380 g/mol. The molecule has 3 aliphatic rings. The minimum absolute atomic E-state index is 0.0759. The molecule has 2 saturated carbocycles. The van der Waals surface area contributed by atoms with Crippen LogP contribution in [0.2, 0.25) is 10.0 Å². The molecule has 1 saturated heterocycles. The lowest BCUT2D eigenvalue weighted by Crippen LogP contribution is -2.35. The second-order valence-corrected chi connectivity index (χ2v) is 7.95. The number of carbonyl (C=O) groups is 3. The molecule has 0 spiro atoms. The number of imide groups is 1. The van der Waals surface area contributed by atoms with Crippen molar-refractivity contribution in [3.63, 3.8) is 0 Å². The molecule has 3 fully saturated rings. The highest BCUT2D eigenvalue weighted by molar-refractivity contribution is 6.42. The Labute approximate surface area is 155 Å². The molecule has 4 atom stereocenters. The lowest BCUT2D eigenvalue weighted by Gasteiger charge is -2.19. The molecule has 0 radical (unpaired) electrons. The molecule has 2 bridgehead atoms. The quantitative estimate of drug-likeness (QED) is 0.814. The first-order valence-corrected chi connectivity index (χ1v) is 9.31. The van der Waals surface area contributed by atoms with Crippen LogP contribution in [0.1, 0.15) is 25.7 Å². The second-order valence-electron chi connectivity index (χ2n) is 7.14. The summed E-state index contributed by atoms with van der Waals surface area (Å²) in [5.41, 5.74) is 0.536. The van der Waals surface area contributed by atoms with E-state index in [0.717, 1.165) is 19.3 Å². The van der Waals surface area contributed by atoms with E-state index in [0.29, 0.717) is 27.6 Å². The third kappa shape index (κ3) is 2.83. The third-order valence-corrected chi connectivity index (χ3v) is 6.52. The largest absolute Gasteiger partial charge is 0.326 e. The normalized spacial score (nSPS) is 30.1. The molecule has 0 aromatic heterocycles. The number of anilines is 1. The van der Waals surface area contributed by atoms with Gasteiger partial charge in [0.1, 0.15) is 0 Å². The van der Waals surface area contributed by atoms with Crippen LogP contribution >= 0.6 is 23.2 Å². The van der Waals surface area contributed by atoms with Gasteiger partial charge >= 0.3 is 0 Å². The van der Waals surface area contributed by atoms with E-state index in [4.69, 9.17) is 23.2 Å². The summed E-state index contributed by atoms with van der Waals surface area (Å²) >= 11 is 11.8. The SMILES string of the molecule is O=C(CCN1C(=O)C2C3CCC(C3)C2C1=O)Nc1ccc(Cl)c(Cl)c1. The van der Waals surface area contributed by atoms with Gasteiger partial charge in [0.25, 0.3) is 0 Å². The lowest BCUT2D eigenvalue weighted by atomic mass is 9.81. The first kappa shape index (κ1) is 16.9. The summed E-state index contributed by atoms with van der Waals surface area (Å²) in [6.07, 6.45) is 3.19. The van der Waals surface area contributed by atoms with Crippen molar-refractivity contribution >= 4 is 46.6 Å². The Kier molecular flexibility index (Phi) is 4.24. The number of rotatable bonds is 4. The predicted octanol–water partition coefficient (Wildman–Crippen LogP) is 3.35. The Morgan fingerprint density at radius 1 is 1.08 bits per heavy atom. The van der Waals surface area contributed by atoms with Gasteiger partial charge in [-0.2, -0.15) is 0 Å². The molecule has 1 aromatic carbocycles. The van der Waals surface area contributed by atoms with Crippen molar-refractivity contribution in [3.8, 4) is 0 Å². The summed E-state index contributed by atoms with van der Waals surface area (Å²) in [5, 5.41) is 3.48. The summed E-state index contributed by atoms with van der Waals surface area (Å²) in [4.78, 5) is 38.6. The smallest absolute Gasteiger partial charge is 0.233 e. The van der Waals surface area contributed by atoms with E-state index in [-0.39, 0.29) is 42.5 Å². The number of halogens is 2. The average Bonchev–Trinajstić information content (AvgIpc) is 3.24. The number of hydrogen-bond donors (Lipinski definition) is 1. The molecule has 25 heavy (non-hydrogen) atoms. The topological polar surface area (TPSA) is 66.5 Å². The van der Waals surface area contributed by atoms with E-state index in [2.05, 4.69) is 5.32 Å². The first-order chi connectivity index (χ1) is 12.0. The Balaban J connectivity index is 1.36. The van der Waals surface area contributed by atoms with E-state index in [1.54, 1.807) is 18.2 Å². The highest BCUT2D eigenvalue weighted by atomic mass is 35.5. The Morgan fingerprint density at radius 3 is 2.32 bits per heavy atom. The van der Waals surface area contributed by atoms with Crippen LogP contribution in [0.5, 0.6) is 0 Å². The lowest BCUT2D eigenvalue weighted by molar-refractivity contribution is -0.140. The molecule has 7 heteroatoms.